The molecular formula is C46H31N5. The number of hydrogen-bond acceptors (Lipinski definition) is 5. The average molecular weight is 654 g/mol. The normalized spacial score (nSPS) is 13.1. The van der Waals surface area contributed by atoms with Crippen LogP contribution < -0.4 is 5.32 Å². The van der Waals surface area contributed by atoms with Crippen molar-refractivity contribution in [1.29, 1.82) is 5.41 Å². The van der Waals surface area contributed by atoms with Crippen LogP contribution in [0, 0.1) is 5.41 Å². The molecule has 1 aliphatic heterocycles. The molecule has 0 unspecified atom stereocenters. The lowest BCUT2D eigenvalue weighted by molar-refractivity contribution is 1.22. The van der Waals surface area contributed by atoms with Crippen molar-refractivity contribution in [2.75, 3.05) is 0 Å². The van der Waals surface area contributed by atoms with Crippen molar-refractivity contribution in [3.63, 3.8) is 0 Å². The van der Waals surface area contributed by atoms with E-state index in [1.807, 2.05) is 91.3 Å². The molecule has 8 aromatic rings. The first-order valence-corrected chi connectivity index (χ1v) is 16.9. The number of para-hydroxylation sites is 1. The van der Waals surface area contributed by atoms with E-state index in [4.69, 9.17) is 15.4 Å². The Morgan fingerprint density at radius 1 is 0.510 bits per heavy atom. The van der Waals surface area contributed by atoms with Gasteiger partial charge in [-0.25, -0.2) is 4.99 Å². The molecule has 6 aromatic carbocycles. The number of benzene rings is 6. The molecule has 0 atom stereocenters. The smallest absolute Gasteiger partial charge is 0.138 e. The molecule has 240 valence electrons. The number of aromatic nitrogens is 2. The van der Waals surface area contributed by atoms with Crippen molar-refractivity contribution in [1.82, 2.24) is 15.3 Å². The second kappa shape index (κ2) is 12.8. The number of pyridine rings is 2. The van der Waals surface area contributed by atoms with Gasteiger partial charge in [-0.1, -0.05) is 127 Å². The maximum atomic E-state index is 8.79. The van der Waals surface area contributed by atoms with Crippen molar-refractivity contribution >= 4 is 44.5 Å². The van der Waals surface area contributed by atoms with Gasteiger partial charge in [0.2, 0.25) is 0 Å². The van der Waals surface area contributed by atoms with Crippen LogP contribution in [0.1, 0.15) is 16.7 Å². The van der Waals surface area contributed by atoms with Crippen LogP contribution in [0.3, 0.4) is 0 Å². The van der Waals surface area contributed by atoms with Crippen molar-refractivity contribution in [3.05, 3.63) is 193 Å². The molecule has 2 N–H and O–H groups in total. The second-order valence-electron chi connectivity index (χ2n) is 12.5. The summed E-state index contributed by atoms with van der Waals surface area (Å²) in [5.41, 5.74) is 11.2. The van der Waals surface area contributed by atoms with Gasteiger partial charge < -0.3 is 10.7 Å². The molecule has 0 saturated heterocycles. The number of fused-ring (bicyclic) bond motifs is 3. The zero-order chi connectivity index (χ0) is 34.1. The summed E-state index contributed by atoms with van der Waals surface area (Å²) in [4.78, 5) is 14.5. The standard InChI is InChI=1S/C46H31N5/c47-39(30-12-2-1-3-13-30)28-43-38-18-8-9-20-41(38)50-46(51-43)32-23-21-31(22-24-32)44-34-14-4-6-16-36(34)45(37-17-7-5-15-35(37)44)42-26-25-33(29-49-42)40-19-10-11-27-48-40/h1-29,47H,(H,50,51)/b43-28-,47-39?. The third kappa shape index (κ3) is 5.57. The Balaban J connectivity index is 1.12. The first-order chi connectivity index (χ1) is 25.2. The van der Waals surface area contributed by atoms with Crippen LogP contribution in [0.4, 0.5) is 5.69 Å². The van der Waals surface area contributed by atoms with Gasteiger partial charge in [0, 0.05) is 34.6 Å². The van der Waals surface area contributed by atoms with Gasteiger partial charge in [0.05, 0.1) is 28.5 Å². The Morgan fingerprint density at radius 2 is 1.12 bits per heavy atom. The Labute approximate surface area is 295 Å². The van der Waals surface area contributed by atoms with Crippen LogP contribution in [-0.2, 0) is 0 Å². The highest BCUT2D eigenvalue weighted by Crippen LogP contribution is 2.43. The minimum atomic E-state index is 0.436. The van der Waals surface area contributed by atoms with E-state index in [1.165, 1.54) is 16.3 Å². The molecule has 0 saturated carbocycles. The number of nitrogens with zero attached hydrogens (tertiary/aromatic N) is 3. The SMILES string of the molecule is N=C(/C=C1\NC(c2ccc(-c3c4ccccc4c(-c4ccc(-c5ccccn5)cn4)c4ccccc34)cc2)=Nc2ccccc21)c1ccccc1. The first kappa shape index (κ1) is 30.1. The minimum Gasteiger partial charge on any atom is -0.339 e. The van der Waals surface area contributed by atoms with Crippen LogP contribution >= 0.6 is 0 Å². The van der Waals surface area contributed by atoms with Crippen LogP contribution in [0.25, 0.3) is 60.9 Å². The lowest BCUT2D eigenvalue weighted by Crippen LogP contribution is -2.26. The van der Waals surface area contributed by atoms with Crippen molar-refractivity contribution in [2.24, 2.45) is 4.99 Å². The summed E-state index contributed by atoms with van der Waals surface area (Å²) in [6, 6.07) is 53.8. The van der Waals surface area contributed by atoms with Crippen molar-refractivity contribution in [3.8, 4) is 33.6 Å². The summed E-state index contributed by atoms with van der Waals surface area (Å²) >= 11 is 0. The van der Waals surface area contributed by atoms with E-state index in [1.54, 1.807) is 0 Å². The molecule has 3 heterocycles. The van der Waals surface area contributed by atoms with Crippen LogP contribution in [0.5, 0.6) is 0 Å². The zero-order valence-electron chi connectivity index (χ0n) is 27.6. The molecule has 1 aliphatic rings. The molecule has 5 nitrogen and oxygen atoms in total. The van der Waals surface area contributed by atoms with Crippen LogP contribution in [-0.4, -0.2) is 21.5 Å². The van der Waals surface area contributed by atoms with Gasteiger partial charge in [0.15, 0.2) is 0 Å². The second-order valence-corrected chi connectivity index (χ2v) is 12.5. The van der Waals surface area contributed by atoms with Gasteiger partial charge in [0.25, 0.3) is 0 Å². The monoisotopic (exact) mass is 653 g/mol. The highest BCUT2D eigenvalue weighted by Gasteiger charge is 2.20. The number of hydrogen-bond donors (Lipinski definition) is 2. The molecule has 0 fully saturated rings. The Kier molecular flexibility index (Phi) is 7.56. The van der Waals surface area contributed by atoms with Crippen molar-refractivity contribution in [2.45, 2.75) is 0 Å². The maximum absolute atomic E-state index is 8.79. The summed E-state index contributed by atoms with van der Waals surface area (Å²) in [6.45, 7) is 0. The first-order valence-electron chi connectivity index (χ1n) is 16.9. The molecule has 0 bridgehead atoms. The van der Waals surface area contributed by atoms with E-state index in [9.17, 15) is 0 Å². The van der Waals surface area contributed by atoms with E-state index < -0.39 is 0 Å². The molecule has 0 amide bonds. The largest absolute Gasteiger partial charge is 0.339 e. The molecule has 9 rings (SSSR count). The average Bonchev–Trinajstić information content (AvgIpc) is 3.20. The fraction of sp³-hybridized carbons (Fsp3) is 0. The van der Waals surface area contributed by atoms with E-state index in [0.29, 0.717) is 5.71 Å². The lowest BCUT2D eigenvalue weighted by atomic mass is 9.87. The number of aliphatic imine (C=N–C) groups is 1. The van der Waals surface area contributed by atoms with Gasteiger partial charge in [0.1, 0.15) is 5.84 Å². The summed E-state index contributed by atoms with van der Waals surface area (Å²) in [5.74, 6) is 0.748. The van der Waals surface area contributed by atoms with Crippen LogP contribution in [0.2, 0.25) is 0 Å². The fourth-order valence-corrected chi connectivity index (χ4v) is 6.98. The predicted octanol–water partition coefficient (Wildman–Crippen LogP) is 10.9. The van der Waals surface area contributed by atoms with Gasteiger partial charge in [-0.2, -0.15) is 0 Å². The van der Waals surface area contributed by atoms with Crippen molar-refractivity contribution < 1.29 is 0 Å². The number of nitrogens with one attached hydrogen (secondary N) is 2. The third-order valence-corrected chi connectivity index (χ3v) is 9.41. The quantitative estimate of drug-likeness (QED) is 0.139. The molecule has 5 heteroatoms. The molecule has 51 heavy (non-hydrogen) atoms. The topological polar surface area (TPSA) is 74.0 Å². The minimum absolute atomic E-state index is 0.436. The van der Waals surface area contributed by atoms with Gasteiger partial charge in [-0.3, -0.25) is 9.97 Å². The van der Waals surface area contributed by atoms with Gasteiger partial charge >= 0.3 is 0 Å². The summed E-state index contributed by atoms with van der Waals surface area (Å²) in [5, 5.41) is 17.0. The summed E-state index contributed by atoms with van der Waals surface area (Å²) < 4.78 is 0. The number of allylic oxidation sites excluding steroid dienone is 1. The van der Waals surface area contributed by atoms with Crippen LogP contribution in [0.15, 0.2) is 181 Å². The zero-order valence-corrected chi connectivity index (χ0v) is 27.6. The predicted molar refractivity (Wildman–Crippen MR) is 210 cm³/mol. The van der Waals surface area contributed by atoms with E-state index in [-0.39, 0.29) is 0 Å². The Morgan fingerprint density at radius 3 is 1.78 bits per heavy atom. The molecule has 0 aliphatic carbocycles. The molecule has 0 radical (unpaired) electrons. The summed E-state index contributed by atoms with van der Waals surface area (Å²) in [7, 11) is 0. The maximum Gasteiger partial charge on any atom is 0.138 e. The number of rotatable bonds is 6. The third-order valence-electron chi connectivity index (χ3n) is 9.41. The molecular weight excluding hydrogens is 623 g/mol. The van der Waals surface area contributed by atoms with E-state index in [2.05, 4.69) is 95.2 Å². The Bertz CT molecular complexity index is 2580. The fourth-order valence-electron chi connectivity index (χ4n) is 6.98. The summed E-state index contributed by atoms with van der Waals surface area (Å²) in [6.07, 6.45) is 5.61. The highest BCUT2D eigenvalue weighted by molar-refractivity contribution is 6.21. The number of amidine groups is 1. The Hall–Kier alpha value is -6.98. The van der Waals surface area contributed by atoms with E-state index in [0.717, 1.165) is 72.8 Å². The lowest BCUT2D eigenvalue weighted by Gasteiger charge is -2.22. The molecule has 2 aromatic heterocycles. The van der Waals surface area contributed by atoms with Gasteiger partial charge in [-0.15, -0.1) is 0 Å². The van der Waals surface area contributed by atoms with Gasteiger partial charge in [-0.05, 0) is 74.6 Å². The molecule has 0 spiro atoms. The highest BCUT2D eigenvalue weighted by atomic mass is 15.0. The van der Waals surface area contributed by atoms with E-state index >= 15 is 0 Å².